The minimum Gasteiger partial charge on any atom is -0.298 e. The smallest absolute Gasteiger partial charge is 0.137 e. The van der Waals surface area contributed by atoms with Crippen LogP contribution >= 0.6 is 15.9 Å². The van der Waals surface area contributed by atoms with Crippen molar-refractivity contribution in [2.75, 3.05) is 6.54 Å². The number of nitrogens with one attached hydrogen (secondary N) is 1. The van der Waals surface area contributed by atoms with E-state index in [1.807, 2.05) is 6.92 Å². The van der Waals surface area contributed by atoms with Gasteiger partial charge in [-0.25, -0.2) is 4.39 Å². The molecule has 14 heavy (non-hydrogen) atoms. The Morgan fingerprint density at radius 3 is 2.86 bits per heavy atom. The molecule has 1 aromatic carbocycles. The van der Waals surface area contributed by atoms with Gasteiger partial charge in [-0.15, -0.1) is 0 Å². The maximum atomic E-state index is 12.9. The van der Waals surface area contributed by atoms with E-state index < -0.39 is 0 Å². The van der Waals surface area contributed by atoms with Gasteiger partial charge in [0.15, 0.2) is 0 Å². The molecule has 74 valence electrons. The van der Waals surface area contributed by atoms with Crippen LogP contribution in [0.1, 0.15) is 18.5 Å². The molecule has 1 atom stereocenters. The fourth-order valence-electron chi connectivity index (χ4n) is 1.13. The number of rotatable bonds is 3. The highest BCUT2D eigenvalue weighted by Gasteiger charge is 2.10. The maximum Gasteiger partial charge on any atom is 0.137 e. The number of nitrogens with zero attached hydrogens (tertiary/aromatic N) is 1. The summed E-state index contributed by atoms with van der Waals surface area (Å²) in [7, 11) is 0. The van der Waals surface area contributed by atoms with E-state index in [9.17, 15) is 4.39 Å². The van der Waals surface area contributed by atoms with Crippen molar-refractivity contribution in [2.24, 2.45) is 0 Å². The number of nitriles is 1. The van der Waals surface area contributed by atoms with Gasteiger partial charge in [-0.05, 0) is 40.2 Å². The second kappa shape index (κ2) is 5.08. The fraction of sp³-hybridized carbons (Fsp3) is 0.300. The Kier molecular flexibility index (Phi) is 4.05. The molecular weight excluding hydrogens is 247 g/mol. The molecule has 0 saturated carbocycles. The lowest BCUT2D eigenvalue weighted by Crippen LogP contribution is -2.19. The maximum absolute atomic E-state index is 12.9. The fourth-order valence-corrected chi connectivity index (χ4v) is 1.53. The van der Waals surface area contributed by atoms with Gasteiger partial charge < -0.3 is 0 Å². The van der Waals surface area contributed by atoms with Crippen molar-refractivity contribution in [3.63, 3.8) is 0 Å². The molecule has 1 N–H and O–H groups in total. The SMILES string of the molecule is CCNC(C#N)c1ccc(F)c(Br)c1. The van der Waals surface area contributed by atoms with Gasteiger partial charge in [0.25, 0.3) is 0 Å². The average Bonchev–Trinajstić information content (AvgIpc) is 2.19. The molecule has 0 amide bonds. The summed E-state index contributed by atoms with van der Waals surface area (Å²) in [6.45, 7) is 2.62. The zero-order valence-corrected chi connectivity index (χ0v) is 9.31. The monoisotopic (exact) mass is 256 g/mol. The van der Waals surface area contributed by atoms with E-state index in [2.05, 4.69) is 27.3 Å². The summed E-state index contributed by atoms with van der Waals surface area (Å²) in [6, 6.07) is 6.31. The lowest BCUT2D eigenvalue weighted by molar-refractivity contribution is 0.614. The number of hydrogen-bond acceptors (Lipinski definition) is 2. The summed E-state index contributed by atoms with van der Waals surface area (Å²) in [4.78, 5) is 0. The molecule has 0 saturated heterocycles. The second-order valence-corrected chi connectivity index (χ2v) is 3.65. The highest BCUT2D eigenvalue weighted by molar-refractivity contribution is 9.10. The summed E-state index contributed by atoms with van der Waals surface area (Å²) in [6.07, 6.45) is 0. The molecule has 1 rings (SSSR count). The molecule has 0 radical (unpaired) electrons. The van der Waals surface area contributed by atoms with Crippen LogP contribution in [0.4, 0.5) is 4.39 Å². The Morgan fingerprint density at radius 2 is 2.36 bits per heavy atom. The van der Waals surface area contributed by atoms with Gasteiger partial charge in [-0.3, -0.25) is 5.32 Å². The van der Waals surface area contributed by atoms with Crippen molar-refractivity contribution < 1.29 is 4.39 Å². The lowest BCUT2D eigenvalue weighted by Gasteiger charge is -2.10. The van der Waals surface area contributed by atoms with Crippen molar-refractivity contribution in [3.8, 4) is 6.07 Å². The van der Waals surface area contributed by atoms with Gasteiger partial charge in [0, 0.05) is 0 Å². The molecule has 0 aliphatic carbocycles. The number of halogens is 2. The summed E-state index contributed by atoms with van der Waals surface area (Å²) in [5, 5.41) is 11.8. The molecule has 0 aromatic heterocycles. The van der Waals surface area contributed by atoms with E-state index in [4.69, 9.17) is 5.26 Å². The van der Waals surface area contributed by atoms with Crippen molar-refractivity contribution in [3.05, 3.63) is 34.1 Å². The van der Waals surface area contributed by atoms with Crippen LogP contribution in [0, 0.1) is 17.1 Å². The van der Waals surface area contributed by atoms with E-state index in [0.29, 0.717) is 11.0 Å². The second-order valence-electron chi connectivity index (χ2n) is 2.79. The van der Waals surface area contributed by atoms with Crippen molar-refractivity contribution in [1.29, 1.82) is 5.26 Å². The molecule has 0 heterocycles. The van der Waals surface area contributed by atoms with Crippen LogP contribution in [0.2, 0.25) is 0 Å². The van der Waals surface area contributed by atoms with E-state index in [1.54, 1.807) is 12.1 Å². The first-order valence-corrected chi connectivity index (χ1v) is 5.06. The predicted octanol–water partition coefficient (Wildman–Crippen LogP) is 2.76. The van der Waals surface area contributed by atoms with Gasteiger partial charge in [0.1, 0.15) is 11.9 Å². The molecule has 0 bridgehead atoms. The zero-order chi connectivity index (χ0) is 10.6. The highest BCUT2D eigenvalue weighted by atomic mass is 79.9. The van der Waals surface area contributed by atoms with Gasteiger partial charge in [-0.2, -0.15) is 5.26 Å². The van der Waals surface area contributed by atoms with E-state index >= 15 is 0 Å². The minimum absolute atomic E-state index is 0.318. The molecular formula is C10H10BrFN2. The first-order valence-electron chi connectivity index (χ1n) is 4.27. The highest BCUT2D eigenvalue weighted by Crippen LogP contribution is 2.20. The van der Waals surface area contributed by atoms with Crippen LogP contribution < -0.4 is 5.32 Å². The molecule has 4 heteroatoms. The third kappa shape index (κ3) is 2.53. The van der Waals surface area contributed by atoms with Crippen LogP contribution in [-0.4, -0.2) is 6.54 Å². The molecule has 0 aliphatic rings. The summed E-state index contributed by atoms with van der Waals surface area (Å²) in [5.41, 5.74) is 0.766. The minimum atomic E-state index is -0.378. The summed E-state index contributed by atoms with van der Waals surface area (Å²) < 4.78 is 13.3. The van der Waals surface area contributed by atoms with E-state index in [0.717, 1.165) is 5.56 Å². The van der Waals surface area contributed by atoms with Crippen LogP contribution in [0.25, 0.3) is 0 Å². The first-order chi connectivity index (χ1) is 6.69. The molecule has 0 spiro atoms. The van der Waals surface area contributed by atoms with Crippen LogP contribution in [0.15, 0.2) is 22.7 Å². The van der Waals surface area contributed by atoms with Crippen LogP contribution in [-0.2, 0) is 0 Å². The molecule has 0 fully saturated rings. The number of benzene rings is 1. The predicted molar refractivity (Wildman–Crippen MR) is 56.1 cm³/mol. The summed E-state index contributed by atoms with van der Waals surface area (Å²) in [5.74, 6) is -0.318. The van der Waals surface area contributed by atoms with Gasteiger partial charge in [0.05, 0.1) is 10.5 Å². The molecule has 2 nitrogen and oxygen atoms in total. The van der Waals surface area contributed by atoms with Crippen molar-refractivity contribution >= 4 is 15.9 Å². The third-order valence-corrected chi connectivity index (χ3v) is 2.42. The van der Waals surface area contributed by atoms with Gasteiger partial charge in [0.2, 0.25) is 0 Å². The average molecular weight is 257 g/mol. The lowest BCUT2D eigenvalue weighted by atomic mass is 10.1. The molecule has 1 unspecified atom stereocenters. The van der Waals surface area contributed by atoms with E-state index in [1.165, 1.54) is 6.07 Å². The Bertz CT molecular complexity index is 360. The molecule has 1 aromatic rings. The normalized spacial score (nSPS) is 12.1. The zero-order valence-electron chi connectivity index (χ0n) is 7.72. The van der Waals surface area contributed by atoms with Gasteiger partial charge in [-0.1, -0.05) is 13.0 Å². The van der Waals surface area contributed by atoms with Crippen molar-refractivity contribution in [2.45, 2.75) is 13.0 Å². The molecule has 0 aliphatic heterocycles. The Morgan fingerprint density at radius 1 is 1.64 bits per heavy atom. The topological polar surface area (TPSA) is 35.8 Å². The van der Waals surface area contributed by atoms with Gasteiger partial charge >= 0.3 is 0 Å². The summed E-state index contributed by atoms with van der Waals surface area (Å²) >= 11 is 3.08. The Hall–Kier alpha value is -0.920. The quantitative estimate of drug-likeness (QED) is 0.903. The number of hydrogen-bond donors (Lipinski definition) is 1. The Labute approximate surface area is 90.9 Å². The van der Waals surface area contributed by atoms with Crippen LogP contribution in [0.3, 0.4) is 0 Å². The largest absolute Gasteiger partial charge is 0.298 e. The van der Waals surface area contributed by atoms with Crippen LogP contribution in [0.5, 0.6) is 0 Å². The third-order valence-electron chi connectivity index (χ3n) is 1.81. The standard InChI is InChI=1S/C10H10BrFN2/c1-2-14-10(6-13)7-3-4-9(12)8(11)5-7/h3-5,10,14H,2H2,1H3. The first kappa shape index (κ1) is 11.2. The van der Waals surface area contributed by atoms with E-state index in [-0.39, 0.29) is 11.9 Å². The van der Waals surface area contributed by atoms with Crippen molar-refractivity contribution in [1.82, 2.24) is 5.32 Å². The Balaban J connectivity index is 2.95.